The van der Waals surface area contributed by atoms with Crippen LogP contribution in [0.25, 0.3) is 5.69 Å². The molecule has 4 atom stereocenters. The second-order valence-electron chi connectivity index (χ2n) is 10.1. The number of aliphatic carboxylic acids is 1. The van der Waals surface area contributed by atoms with Gasteiger partial charge < -0.3 is 21.1 Å². The molecule has 1 aromatic heterocycles. The summed E-state index contributed by atoms with van der Waals surface area (Å²) >= 11 is 0. The van der Waals surface area contributed by atoms with Crippen LogP contribution in [-0.2, 0) is 9.59 Å². The molecule has 2 heterocycles. The Labute approximate surface area is 239 Å². The Hall–Kier alpha value is -4.10. The van der Waals surface area contributed by atoms with Gasteiger partial charge in [0.25, 0.3) is 5.91 Å². The van der Waals surface area contributed by atoms with E-state index >= 15 is 0 Å². The van der Waals surface area contributed by atoms with Crippen molar-refractivity contribution in [3.8, 4) is 5.69 Å². The Morgan fingerprint density at radius 3 is 2.31 bits per heavy atom. The number of rotatable bonds is 11. The van der Waals surface area contributed by atoms with Crippen LogP contribution in [0.15, 0.2) is 67.0 Å². The molecule has 0 spiro atoms. The second kappa shape index (κ2) is 13.7. The lowest BCUT2D eigenvalue weighted by molar-refractivity contribution is -0.192. The molecular weight excluding hydrogens is 558 g/mol. The standard InChI is InChI=1S/C27H30FN5O2.C2HF3O2/c28-20-8-4-18(5-9-20)22-17-25(22)29-13-1-3-24(26(34)23-12-15-30-23)32-27(35)19-6-10-21(11-7-19)33-16-2-14-31-33;3-2(4,5)1(6)7/h2,4-11,14,16,22-25,29-30H,1,3,12-13,15,17H2,(H,32,35);(H,6,7)/t22-,23?,24-,25+;/m0./s1. The van der Waals surface area contributed by atoms with Gasteiger partial charge in [-0.25, -0.2) is 13.9 Å². The number of halogens is 4. The number of carbonyl (C=O) groups is 3. The first-order valence-corrected chi connectivity index (χ1v) is 13.5. The van der Waals surface area contributed by atoms with Gasteiger partial charge in [-0.2, -0.15) is 18.3 Å². The zero-order valence-electron chi connectivity index (χ0n) is 22.5. The molecule has 1 unspecified atom stereocenters. The second-order valence-corrected chi connectivity index (χ2v) is 10.1. The monoisotopic (exact) mass is 589 g/mol. The Morgan fingerprint density at radius 2 is 1.76 bits per heavy atom. The first kappa shape index (κ1) is 30.8. The lowest BCUT2D eigenvalue weighted by Crippen LogP contribution is -2.56. The van der Waals surface area contributed by atoms with Gasteiger partial charge in [-0.05, 0) is 86.8 Å². The zero-order valence-corrected chi connectivity index (χ0v) is 22.5. The van der Waals surface area contributed by atoms with E-state index in [-0.39, 0.29) is 23.5 Å². The fourth-order valence-corrected chi connectivity index (χ4v) is 4.58. The molecule has 1 saturated heterocycles. The van der Waals surface area contributed by atoms with Crippen LogP contribution in [0, 0.1) is 5.82 Å². The van der Waals surface area contributed by atoms with Crippen LogP contribution in [0.2, 0.25) is 0 Å². The lowest BCUT2D eigenvalue weighted by atomic mass is 9.94. The molecule has 1 aliphatic carbocycles. The fraction of sp³-hybridized carbons (Fsp3) is 0.379. The average molecular weight is 590 g/mol. The van der Waals surface area contributed by atoms with Gasteiger partial charge in [-0.3, -0.25) is 9.59 Å². The van der Waals surface area contributed by atoms with E-state index in [2.05, 4.69) is 21.0 Å². The van der Waals surface area contributed by atoms with Crippen molar-refractivity contribution in [1.29, 1.82) is 0 Å². The Balaban J connectivity index is 0.000000517. The number of benzene rings is 2. The molecule has 0 bridgehead atoms. The zero-order chi connectivity index (χ0) is 30.3. The summed E-state index contributed by atoms with van der Waals surface area (Å²) in [6, 6.07) is 15.4. The summed E-state index contributed by atoms with van der Waals surface area (Å²) in [5.41, 5.74) is 2.53. The van der Waals surface area contributed by atoms with Crippen molar-refractivity contribution < 1.29 is 37.1 Å². The third kappa shape index (κ3) is 8.46. The summed E-state index contributed by atoms with van der Waals surface area (Å²) in [6.45, 7) is 1.60. The SMILES string of the molecule is O=C(N[C@@H](CCCN[C@@H]1C[C@H]1c1ccc(F)cc1)C(=O)C1CCN1)c1ccc(-n2cccn2)cc1.O=C(O)C(F)(F)F. The maximum atomic E-state index is 13.1. The maximum Gasteiger partial charge on any atom is 0.490 e. The van der Waals surface area contributed by atoms with E-state index < -0.39 is 18.2 Å². The summed E-state index contributed by atoms with van der Waals surface area (Å²) in [5, 5.41) is 21.0. The molecule has 3 aromatic rings. The largest absolute Gasteiger partial charge is 0.490 e. The van der Waals surface area contributed by atoms with Crippen molar-refractivity contribution in [2.45, 2.75) is 55.9 Å². The minimum absolute atomic E-state index is 0.0494. The van der Waals surface area contributed by atoms with Crippen LogP contribution >= 0.6 is 0 Å². The molecule has 4 N–H and O–H groups in total. The number of ketones is 1. The first-order valence-electron chi connectivity index (χ1n) is 13.5. The third-order valence-corrected chi connectivity index (χ3v) is 7.12. The van der Waals surface area contributed by atoms with Crippen molar-refractivity contribution in [3.63, 3.8) is 0 Å². The van der Waals surface area contributed by atoms with Crippen molar-refractivity contribution in [2.24, 2.45) is 0 Å². The summed E-state index contributed by atoms with van der Waals surface area (Å²) in [6.07, 6.45) is 1.65. The minimum Gasteiger partial charge on any atom is -0.475 e. The highest BCUT2D eigenvalue weighted by molar-refractivity contribution is 5.99. The summed E-state index contributed by atoms with van der Waals surface area (Å²) in [7, 11) is 0. The Bertz CT molecular complexity index is 1340. The van der Waals surface area contributed by atoms with E-state index in [0.29, 0.717) is 23.9 Å². The van der Waals surface area contributed by atoms with Gasteiger partial charge in [0.1, 0.15) is 5.82 Å². The predicted octanol–water partition coefficient (Wildman–Crippen LogP) is 3.60. The van der Waals surface area contributed by atoms with Gasteiger partial charge in [0.2, 0.25) is 0 Å². The van der Waals surface area contributed by atoms with Gasteiger partial charge in [-0.1, -0.05) is 12.1 Å². The predicted molar refractivity (Wildman–Crippen MR) is 145 cm³/mol. The number of nitrogens with zero attached hydrogens (tertiary/aromatic N) is 2. The lowest BCUT2D eigenvalue weighted by Gasteiger charge is -2.30. The van der Waals surface area contributed by atoms with E-state index in [1.807, 2.05) is 36.5 Å². The van der Waals surface area contributed by atoms with Crippen LogP contribution in [0.5, 0.6) is 0 Å². The van der Waals surface area contributed by atoms with E-state index in [0.717, 1.165) is 43.6 Å². The number of aromatic nitrogens is 2. The van der Waals surface area contributed by atoms with Crippen LogP contribution in [0.3, 0.4) is 0 Å². The minimum atomic E-state index is -5.08. The number of amides is 1. The van der Waals surface area contributed by atoms with Gasteiger partial charge in [0, 0.05) is 29.9 Å². The van der Waals surface area contributed by atoms with Crippen molar-refractivity contribution in [3.05, 3.63) is 83.9 Å². The van der Waals surface area contributed by atoms with E-state index in [4.69, 9.17) is 9.90 Å². The summed E-state index contributed by atoms with van der Waals surface area (Å²) in [5.74, 6) is -2.76. The first-order chi connectivity index (χ1) is 20.0. The molecule has 2 fully saturated rings. The van der Waals surface area contributed by atoms with Crippen molar-refractivity contribution in [1.82, 2.24) is 25.7 Å². The van der Waals surface area contributed by atoms with E-state index in [1.165, 1.54) is 12.1 Å². The van der Waals surface area contributed by atoms with Crippen LogP contribution in [0.4, 0.5) is 17.6 Å². The van der Waals surface area contributed by atoms with E-state index in [9.17, 15) is 27.2 Å². The van der Waals surface area contributed by atoms with Gasteiger partial charge in [-0.15, -0.1) is 0 Å². The number of nitrogens with one attached hydrogen (secondary N) is 3. The number of carboxylic acids is 1. The number of hydrogen-bond acceptors (Lipinski definition) is 6. The van der Waals surface area contributed by atoms with E-state index in [1.54, 1.807) is 23.0 Å². The molecule has 2 aliphatic rings. The van der Waals surface area contributed by atoms with Crippen LogP contribution in [-0.4, -0.2) is 69.9 Å². The highest BCUT2D eigenvalue weighted by Crippen LogP contribution is 2.40. The molecule has 1 saturated carbocycles. The molecule has 1 aliphatic heterocycles. The molecular formula is C29H31F4N5O4. The summed E-state index contributed by atoms with van der Waals surface area (Å²) < 4.78 is 46.6. The molecule has 1 amide bonds. The fourth-order valence-electron chi connectivity index (χ4n) is 4.58. The van der Waals surface area contributed by atoms with Gasteiger partial charge >= 0.3 is 12.1 Å². The highest BCUT2D eigenvalue weighted by atomic mass is 19.4. The number of carboxylic acid groups (broad SMARTS) is 1. The van der Waals surface area contributed by atoms with Crippen molar-refractivity contribution >= 4 is 17.7 Å². The topological polar surface area (TPSA) is 125 Å². The van der Waals surface area contributed by atoms with Gasteiger partial charge in [0.15, 0.2) is 5.78 Å². The molecule has 13 heteroatoms. The average Bonchev–Trinajstić information content (AvgIpc) is 3.48. The molecule has 5 rings (SSSR count). The molecule has 2 aromatic carbocycles. The van der Waals surface area contributed by atoms with Crippen LogP contribution < -0.4 is 16.0 Å². The van der Waals surface area contributed by atoms with Crippen LogP contribution in [0.1, 0.15) is 47.5 Å². The van der Waals surface area contributed by atoms with Crippen molar-refractivity contribution in [2.75, 3.05) is 13.1 Å². The number of alkyl halides is 3. The Kier molecular flexibility index (Phi) is 10.1. The normalized spacial score (nSPS) is 20.0. The molecule has 42 heavy (non-hydrogen) atoms. The smallest absolute Gasteiger partial charge is 0.475 e. The quantitative estimate of drug-likeness (QED) is 0.199. The number of Topliss-reactive ketones (excluding diaryl/α,β-unsaturated/α-hetero) is 1. The maximum absolute atomic E-state index is 13.1. The highest BCUT2D eigenvalue weighted by Gasteiger charge is 2.39. The van der Waals surface area contributed by atoms with Gasteiger partial charge in [0.05, 0.1) is 17.8 Å². The third-order valence-electron chi connectivity index (χ3n) is 7.12. The molecule has 0 radical (unpaired) electrons. The number of carbonyl (C=O) groups excluding carboxylic acids is 2. The number of hydrogen-bond donors (Lipinski definition) is 4. The molecule has 9 nitrogen and oxygen atoms in total. The summed E-state index contributed by atoms with van der Waals surface area (Å²) in [4.78, 5) is 34.8. The molecule has 224 valence electrons. The Morgan fingerprint density at radius 1 is 1.10 bits per heavy atom.